The minimum Gasteiger partial charge on any atom is -0.371 e. The second-order valence-electron chi connectivity index (χ2n) is 5.81. The number of hydrogen-bond donors (Lipinski definition) is 1. The van der Waals surface area contributed by atoms with Crippen LogP contribution >= 0.6 is 0 Å². The number of nitrogens with zero attached hydrogens (tertiary/aromatic N) is 2. The Hall–Kier alpha value is -1.78. The molecule has 0 unspecified atom stereocenters. The molecule has 1 saturated heterocycles. The molecule has 0 aliphatic carbocycles. The molecule has 1 aromatic rings. The zero-order valence-corrected chi connectivity index (χ0v) is 11.9. The zero-order valence-electron chi connectivity index (χ0n) is 11.9. The molecule has 3 rings (SSSR count). The number of fused-ring (bicyclic) bond motifs is 2. The van der Waals surface area contributed by atoms with Crippen LogP contribution in [0, 0.1) is 5.82 Å². The third kappa shape index (κ3) is 1.84. The van der Waals surface area contributed by atoms with E-state index < -0.39 is 0 Å². The van der Waals surface area contributed by atoms with Gasteiger partial charge in [0.05, 0.1) is 5.69 Å². The zero-order chi connectivity index (χ0) is 14.3. The van der Waals surface area contributed by atoms with Crippen molar-refractivity contribution in [3.63, 3.8) is 0 Å². The Balaban J connectivity index is 1.87. The second-order valence-corrected chi connectivity index (χ2v) is 5.81. The molecule has 2 aliphatic rings. The number of carbonyl (C=O) groups excluding carboxylic acids is 1. The summed E-state index contributed by atoms with van der Waals surface area (Å²) in [6.45, 7) is 2.29. The van der Waals surface area contributed by atoms with Crippen LogP contribution in [-0.2, 0) is 5.41 Å². The van der Waals surface area contributed by atoms with E-state index in [0.717, 1.165) is 43.7 Å². The summed E-state index contributed by atoms with van der Waals surface area (Å²) >= 11 is 0. The summed E-state index contributed by atoms with van der Waals surface area (Å²) in [7, 11) is 3.60. The molecule has 2 heterocycles. The Labute approximate surface area is 118 Å². The van der Waals surface area contributed by atoms with Gasteiger partial charge >= 0.3 is 6.03 Å². The molecule has 0 saturated carbocycles. The Morgan fingerprint density at radius 1 is 1.35 bits per heavy atom. The van der Waals surface area contributed by atoms with E-state index in [1.807, 2.05) is 22.9 Å². The molecule has 20 heavy (non-hydrogen) atoms. The van der Waals surface area contributed by atoms with Gasteiger partial charge in [-0.1, -0.05) is 12.1 Å². The number of likely N-dealkylation sites (N-methyl/N-ethyl adjacent to an activating group) is 1. The number of benzene rings is 1. The summed E-state index contributed by atoms with van der Waals surface area (Å²) in [4.78, 5) is 15.5. The number of urea groups is 1. The third-order valence-corrected chi connectivity index (χ3v) is 4.70. The number of rotatable bonds is 0. The van der Waals surface area contributed by atoms with Crippen LogP contribution < -0.4 is 10.2 Å². The molecule has 1 aromatic carbocycles. The standard InChI is InChI=1S/C15H20FN3O/c1-17-14(20)19-8-6-15(7-9-19)10-18(2)13-11(15)4-3-5-12(13)16/h3-5H,6-10H2,1-2H3,(H,17,20). The quantitative estimate of drug-likeness (QED) is 0.786. The van der Waals surface area contributed by atoms with Crippen LogP contribution in [0.25, 0.3) is 0 Å². The molecule has 0 aromatic heterocycles. The van der Waals surface area contributed by atoms with E-state index in [0.29, 0.717) is 0 Å². The van der Waals surface area contributed by atoms with Crippen LogP contribution in [0.4, 0.5) is 14.9 Å². The van der Waals surface area contributed by atoms with Crippen LogP contribution in [0.15, 0.2) is 18.2 Å². The summed E-state index contributed by atoms with van der Waals surface area (Å²) in [5.41, 5.74) is 1.84. The van der Waals surface area contributed by atoms with Gasteiger partial charge in [-0.2, -0.15) is 0 Å². The van der Waals surface area contributed by atoms with E-state index in [1.165, 1.54) is 6.07 Å². The number of likely N-dealkylation sites (tertiary alicyclic amines) is 1. The lowest BCUT2D eigenvalue weighted by molar-refractivity contribution is 0.163. The van der Waals surface area contributed by atoms with Crippen molar-refractivity contribution in [1.82, 2.24) is 10.2 Å². The summed E-state index contributed by atoms with van der Waals surface area (Å²) in [6, 6.07) is 5.33. The fourth-order valence-electron chi connectivity index (χ4n) is 3.67. The maximum Gasteiger partial charge on any atom is 0.317 e. The molecule has 5 heteroatoms. The average Bonchev–Trinajstić information content (AvgIpc) is 2.73. The Morgan fingerprint density at radius 3 is 2.70 bits per heavy atom. The summed E-state index contributed by atoms with van der Waals surface area (Å²) in [6.07, 6.45) is 1.78. The SMILES string of the molecule is CNC(=O)N1CCC2(CC1)CN(C)c1c(F)cccc12. The molecule has 0 atom stereocenters. The van der Waals surface area contributed by atoms with Crippen molar-refractivity contribution in [3.8, 4) is 0 Å². The van der Waals surface area contributed by atoms with E-state index in [-0.39, 0.29) is 17.3 Å². The van der Waals surface area contributed by atoms with Gasteiger partial charge in [0.2, 0.25) is 0 Å². The molecule has 1 fully saturated rings. The highest BCUT2D eigenvalue weighted by Gasteiger charge is 2.45. The molecule has 1 N–H and O–H groups in total. The average molecular weight is 277 g/mol. The van der Waals surface area contributed by atoms with Gasteiger partial charge in [0.25, 0.3) is 0 Å². The van der Waals surface area contributed by atoms with Crippen molar-refractivity contribution in [2.75, 3.05) is 38.6 Å². The van der Waals surface area contributed by atoms with Crippen molar-refractivity contribution in [2.45, 2.75) is 18.3 Å². The normalized spacial score (nSPS) is 20.1. The predicted molar refractivity (Wildman–Crippen MR) is 76.6 cm³/mol. The maximum absolute atomic E-state index is 14.0. The van der Waals surface area contributed by atoms with Gasteiger partial charge in [-0.05, 0) is 24.5 Å². The molecule has 0 radical (unpaired) electrons. The van der Waals surface area contributed by atoms with Crippen molar-refractivity contribution >= 4 is 11.7 Å². The highest BCUT2D eigenvalue weighted by Crippen LogP contribution is 2.47. The minimum absolute atomic E-state index is 0.00327. The number of para-hydroxylation sites is 1. The topological polar surface area (TPSA) is 35.6 Å². The number of piperidine rings is 1. The summed E-state index contributed by atoms with van der Waals surface area (Å²) < 4.78 is 14.0. The third-order valence-electron chi connectivity index (χ3n) is 4.70. The molecule has 1 spiro atoms. The molecule has 2 aliphatic heterocycles. The predicted octanol–water partition coefficient (Wildman–Crippen LogP) is 1.95. The first-order valence-electron chi connectivity index (χ1n) is 7.04. The van der Waals surface area contributed by atoms with Gasteiger partial charge in [-0.25, -0.2) is 9.18 Å². The van der Waals surface area contributed by atoms with Crippen molar-refractivity contribution < 1.29 is 9.18 Å². The molecule has 4 nitrogen and oxygen atoms in total. The molecule has 2 amide bonds. The lowest BCUT2D eigenvalue weighted by atomic mass is 9.74. The van der Waals surface area contributed by atoms with E-state index in [9.17, 15) is 9.18 Å². The Kier molecular flexibility index (Phi) is 3.07. The first-order valence-corrected chi connectivity index (χ1v) is 7.04. The molecule has 0 bridgehead atoms. The number of amides is 2. The Bertz CT molecular complexity index is 538. The van der Waals surface area contributed by atoms with Crippen LogP contribution in [-0.4, -0.2) is 44.7 Å². The van der Waals surface area contributed by atoms with Gasteiger partial charge < -0.3 is 15.1 Å². The summed E-state index contributed by atoms with van der Waals surface area (Å²) in [5.74, 6) is -0.143. The van der Waals surface area contributed by atoms with Gasteiger partial charge in [0.1, 0.15) is 5.82 Å². The van der Waals surface area contributed by atoms with E-state index >= 15 is 0 Å². The number of nitrogens with one attached hydrogen (secondary N) is 1. The van der Waals surface area contributed by atoms with Crippen LogP contribution in [0.2, 0.25) is 0 Å². The largest absolute Gasteiger partial charge is 0.371 e. The number of hydrogen-bond acceptors (Lipinski definition) is 2. The summed E-state index contributed by atoms with van der Waals surface area (Å²) in [5, 5.41) is 2.67. The highest BCUT2D eigenvalue weighted by atomic mass is 19.1. The van der Waals surface area contributed by atoms with Gasteiger partial charge in [0, 0.05) is 39.1 Å². The van der Waals surface area contributed by atoms with Crippen LogP contribution in [0.5, 0.6) is 0 Å². The fourth-order valence-corrected chi connectivity index (χ4v) is 3.67. The van der Waals surface area contributed by atoms with E-state index in [1.54, 1.807) is 13.1 Å². The molecular weight excluding hydrogens is 257 g/mol. The maximum atomic E-state index is 14.0. The number of carbonyl (C=O) groups is 1. The fraction of sp³-hybridized carbons (Fsp3) is 0.533. The first-order chi connectivity index (χ1) is 9.57. The lowest BCUT2D eigenvalue weighted by Gasteiger charge is -2.39. The van der Waals surface area contributed by atoms with Gasteiger partial charge in [-0.15, -0.1) is 0 Å². The number of anilines is 1. The first kappa shape index (κ1) is 13.2. The smallest absolute Gasteiger partial charge is 0.317 e. The minimum atomic E-state index is -0.143. The highest BCUT2D eigenvalue weighted by molar-refractivity contribution is 5.74. The van der Waals surface area contributed by atoms with Gasteiger partial charge in [-0.3, -0.25) is 0 Å². The van der Waals surface area contributed by atoms with Crippen molar-refractivity contribution in [2.24, 2.45) is 0 Å². The van der Waals surface area contributed by atoms with Crippen LogP contribution in [0.1, 0.15) is 18.4 Å². The van der Waals surface area contributed by atoms with E-state index in [2.05, 4.69) is 5.32 Å². The van der Waals surface area contributed by atoms with Crippen LogP contribution in [0.3, 0.4) is 0 Å². The van der Waals surface area contributed by atoms with Gasteiger partial charge in [0.15, 0.2) is 0 Å². The van der Waals surface area contributed by atoms with Crippen molar-refractivity contribution in [1.29, 1.82) is 0 Å². The van der Waals surface area contributed by atoms with E-state index in [4.69, 9.17) is 0 Å². The van der Waals surface area contributed by atoms with Crippen molar-refractivity contribution in [3.05, 3.63) is 29.6 Å². The lowest BCUT2D eigenvalue weighted by Crippen LogP contribution is -2.49. The monoisotopic (exact) mass is 277 g/mol. The second kappa shape index (κ2) is 4.65. The number of halogens is 1. The Morgan fingerprint density at radius 2 is 2.05 bits per heavy atom. The molecular formula is C15H20FN3O. The molecule has 108 valence electrons.